The molecule has 1 aromatic rings. The molecule has 70 valence electrons. The smallest absolute Gasteiger partial charge is 0.197 e. The molecular weight excluding hydrogens is 188 g/mol. The molecule has 0 radical (unpaired) electrons. The molecule has 2 rings (SSSR count). The topological polar surface area (TPSA) is 18.5 Å². The SMILES string of the molecule is CC1Oc2ccc(Cl)cc2C(C)O1. The zero-order chi connectivity index (χ0) is 9.42. The minimum absolute atomic E-state index is 0.0532. The van der Waals surface area contributed by atoms with Crippen molar-refractivity contribution < 1.29 is 9.47 Å². The highest BCUT2D eigenvalue weighted by atomic mass is 35.5. The third-order valence-electron chi connectivity index (χ3n) is 2.10. The van der Waals surface area contributed by atoms with Crippen molar-refractivity contribution in [2.45, 2.75) is 26.2 Å². The molecule has 0 saturated carbocycles. The van der Waals surface area contributed by atoms with Crippen LogP contribution in [0.4, 0.5) is 0 Å². The van der Waals surface area contributed by atoms with Gasteiger partial charge >= 0.3 is 0 Å². The number of fused-ring (bicyclic) bond motifs is 1. The second-order valence-electron chi connectivity index (χ2n) is 3.15. The fourth-order valence-corrected chi connectivity index (χ4v) is 1.69. The van der Waals surface area contributed by atoms with Crippen molar-refractivity contribution in [1.29, 1.82) is 0 Å². The van der Waals surface area contributed by atoms with E-state index >= 15 is 0 Å². The van der Waals surface area contributed by atoms with Crippen molar-refractivity contribution in [2.75, 3.05) is 0 Å². The summed E-state index contributed by atoms with van der Waals surface area (Å²) in [6, 6.07) is 5.59. The number of hydrogen-bond acceptors (Lipinski definition) is 2. The van der Waals surface area contributed by atoms with Crippen LogP contribution in [0, 0.1) is 0 Å². The lowest BCUT2D eigenvalue weighted by atomic mass is 10.1. The summed E-state index contributed by atoms with van der Waals surface area (Å²) in [5, 5.41) is 0.715. The Morgan fingerprint density at radius 3 is 2.85 bits per heavy atom. The van der Waals surface area contributed by atoms with Crippen molar-refractivity contribution >= 4 is 11.6 Å². The second kappa shape index (κ2) is 3.20. The molecule has 0 aromatic heterocycles. The highest BCUT2D eigenvalue weighted by Gasteiger charge is 2.22. The van der Waals surface area contributed by atoms with Crippen LogP contribution in [-0.4, -0.2) is 6.29 Å². The number of ether oxygens (including phenoxy) is 2. The van der Waals surface area contributed by atoms with E-state index in [4.69, 9.17) is 21.1 Å². The molecule has 13 heavy (non-hydrogen) atoms. The maximum Gasteiger partial charge on any atom is 0.197 e. The van der Waals surface area contributed by atoms with Crippen molar-refractivity contribution in [3.63, 3.8) is 0 Å². The van der Waals surface area contributed by atoms with Gasteiger partial charge in [-0.2, -0.15) is 0 Å². The summed E-state index contributed by atoms with van der Waals surface area (Å²) in [6.45, 7) is 3.88. The predicted octanol–water partition coefficient (Wildman–Crippen LogP) is 3.16. The van der Waals surface area contributed by atoms with Gasteiger partial charge in [0.25, 0.3) is 0 Å². The molecule has 1 aromatic carbocycles. The maximum atomic E-state index is 5.87. The van der Waals surface area contributed by atoms with Crippen LogP contribution in [0.15, 0.2) is 18.2 Å². The minimum Gasteiger partial charge on any atom is -0.465 e. The monoisotopic (exact) mass is 198 g/mol. The lowest BCUT2D eigenvalue weighted by Gasteiger charge is -2.28. The van der Waals surface area contributed by atoms with E-state index in [2.05, 4.69) is 0 Å². The average molecular weight is 199 g/mol. The van der Waals surface area contributed by atoms with E-state index in [0.29, 0.717) is 5.02 Å². The molecule has 0 N–H and O–H groups in total. The van der Waals surface area contributed by atoms with E-state index in [1.807, 2.05) is 32.0 Å². The van der Waals surface area contributed by atoms with Gasteiger partial charge in [0.2, 0.25) is 0 Å². The van der Waals surface area contributed by atoms with Crippen LogP contribution in [0.3, 0.4) is 0 Å². The van der Waals surface area contributed by atoms with Crippen LogP contribution in [0.5, 0.6) is 5.75 Å². The van der Waals surface area contributed by atoms with Crippen molar-refractivity contribution in [3.8, 4) is 5.75 Å². The molecule has 2 nitrogen and oxygen atoms in total. The number of rotatable bonds is 0. The fraction of sp³-hybridized carbons (Fsp3) is 0.400. The van der Waals surface area contributed by atoms with Gasteiger partial charge in [-0.25, -0.2) is 0 Å². The first-order chi connectivity index (χ1) is 6.16. The fourth-order valence-electron chi connectivity index (χ4n) is 1.51. The Hall–Kier alpha value is -0.730. The Morgan fingerprint density at radius 2 is 2.08 bits per heavy atom. The van der Waals surface area contributed by atoms with Gasteiger partial charge in [-0.15, -0.1) is 0 Å². The Morgan fingerprint density at radius 1 is 1.31 bits per heavy atom. The molecule has 0 aliphatic carbocycles. The molecule has 2 atom stereocenters. The molecular formula is C10H11ClO2. The highest BCUT2D eigenvalue weighted by Crippen LogP contribution is 2.35. The second-order valence-corrected chi connectivity index (χ2v) is 3.58. The van der Waals surface area contributed by atoms with Crippen LogP contribution in [0.2, 0.25) is 5.02 Å². The van der Waals surface area contributed by atoms with E-state index in [-0.39, 0.29) is 12.4 Å². The lowest BCUT2D eigenvalue weighted by molar-refractivity contribution is -0.122. The maximum absolute atomic E-state index is 5.87. The van der Waals surface area contributed by atoms with Crippen molar-refractivity contribution in [3.05, 3.63) is 28.8 Å². The molecule has 0 saturated heterocycles. The molecule has 1 heterocycles. The highest BCUT2D eigenvalue weighted by molar-refractivity contribution is 6.30. The molecule has 1 aliphatic rings. The number of hydrogen-bond donors (Lipinski definition) is 0. The van der Waals surface area contributed by atoms with Gasteiger partial charge in [-0.1, -0.05) is 11.6 Å². The zero-order valence-electron chi connectivity index (χ0n) is 7.58. The quantitative estimate of drug-likeness (QED) is 0.638. The van der Waals surface area contributed by atoms with E-state index in [1.165, 1.54) is 0 Å². The van der Waals surface area contributed by atoms with E-state index in [9.17, 15) is 0 Å². The Kier molecular flexibility index (Phi) is 2.18. The third kappa shape index (κ3) is 1.64. The number of halogens is 1. The average Bonchev–Trinajstić information content (AvgIpc) is 2.06. The Balaban J connectivity index is 2.43. The minimum atomic E-state index is -0.177. The summed E-state index contributed by atoms with van der Waals surface area (Å²) < 4.78 is 11.0. The molecule has 0 amide bonds. The molecule has 1 aliphatic heterocycles. The lowest BCUT2D eigenvalue weighted by Crippen LogP contribution is -2.24. The molecule has 0 spiro atoms. The molecule has 2 unspecified atom stereocenters. The van der Waals surface area contributed by atoms with Gasteiger partial charge in [0.05, 0.1) is 6.10 Å². The van der Waals surface area contributed by atoms with Crippen LogP contribution >= 0.6 is 11.6 Å². The standard InChI is InChI=1S/C10H11ClO2/c1-6-9-5-8(11)3-4-10(9)13-7(2)12-6/h3-7H,1-2H3. The van der Waals surface area contributed by atoms with Crippen LogP contribution in [0.25, 0.3) is 0 Å². The van der Waals surface area contributed by atoms with E-state index in [0.717, 1.165) is 11.3 Å². The van der Waals surface area contributed by atoms with Crippen molar-refractivity contribution in [1.82, 2.24) is 0 Å². The van der Waals surface area contributed by atoms with Crippen LogP contribution in [-0.2, 0) is 4.74 Å². The summed E-state index contributed by atoms with van der Waals surface area (Å²) in [6.07, 6.45) is -0.124. The van der Waals surface area contributed by atoms with Gasteiger partial charge in [-0.05, 0) is 32.0 Å². The van der Waals surface area contributed by atoms with Gasteiger partial charge in [0, 0.05) is 10.6 Å². The summed E-state index contributed by atoms with van der Waals surface area (Å²) in [4.78, 5) is 0. The van der Waals surface area contributed by atoms with Gasteiger partial charge in [0.1, 0.15) is 5.75 Å². The van der Waals surface area contributed by atoms with Crippen LogP contribution < -0.4 is 4.74 Å². The first-order valence-corrected chi connectivity index (χ1v) is 4.66. The summed E-state index contributed by atoms with van der Waals surface area (Å²) in [5.74, 6) is 0.871. The van der Waals surface area contributed by atoms with E-state index < -0.39 is 0 Å². The molecule has 3 heteroatoms. The van der Waals surface area contributed by atoms with Crippen LogP contribution in [0.1, 0.15) is 25.5 Å². The molecule has 0 bridgehead atoms. The summed E-state index contributed by atoms with van der Waals surface area (Å²) >= 11 is 5.87. The predicted molar refractivity (Wildman–Crippen MR) is 51.0 cm³/mol. The first kappa shape index (κ1) is 8.85. The molecule has 0 fully saturated rings. The first-order valence-electron chi connectivity index (χ1n) is 4.28. The normalized spacial score (nSPS) is 26.4. The largest absolute Gasteiger partial charge is 0.465 e. The third-order valence-corrected chi connectivity index (χ3v) is 2.33. The van der Waals surface area contributed by atoms with Gasteiger partial charge in [0.15, 0.2) is 6.29 Å². The zero-order valence-corrected chi connectivity index (χ0v) is 8.34. The Labute approximate surface area is 82.4 Å². The van der Waals surface area contributed by atoms with Crippen molar-refractivity contribution in [2.24, 2.45) is 0 Å². The number of benzene rings is 1. The summed E-state index contributed by atoms with van der Waals surface area (Å²) in [5.41, 5.74) is 1.02. The van der Waals surface area contributed by atoms with Gasteiger partial charge in [-0.3, -0.25) is 0 Å². The Bertz CT molecular complexity index is 325. The summed E-state index contributed by atoms with van der Waals surface area (Å²) in [7, 11) is 0. The van der Waals surface area contributed by atoms with Gasteiger partial charge < -0.3 is 9.47 Å². The van der Waals surface area contributed by atoms with E-state index in [1.54, 1.807) is 0 Å².